The van der Waals surface area contributed by atoms with E-state index in [0.717, 1.165) is 33.4 Å². The minimum atomic E-state index is -0.477. The van der Waals surface area contributed by atoms with Gasteiger partial charge >= 0.3 is 5.97 Å². The van der Waals surface area contributed by atoms with Crippen molar-refractivity contribution in [1.82, 2.24) is 0 Å². The van der Waals surface area contributed by atoms with Crippen molar-refractivity contribution in [3.63, 3.8) is 0 Å². The number of hydrogen-bond donors (Lipinski definition) is 1. The summed E-state index contributed by atoms with van der Waals surface area (Å²) in [5.74, 6) is -0.335. The minimum absolute atomic E-state index is 0.224. The number of amides is 1. The van der Waals surface area contributed by atoms with Crippen molar-refractivity contribution in [2.75, 3.05) is 18.5 Å². The lowest BCUT2D eigenvalue weighted by Gasteiger charge is -2.13. The molecule has 1 amide bonds. The summed E-state index contributed by atoms with van der Waals surface area (Å²) >= 11 is 11.0. The van der Waals surface area contributed by atoms with Crippen LogP contribution in [-0.2, 0) is 9.53 Å². The van der Waals surface area contributed by atoms with Gasteiger partial charge in [-0.3, -0.25) is 4.79 Å². The third-order valence-electron chi connectivity index (χ3n) is 5.27. The fourth-order valence-electron chi connectivity index (χ4n) is 3.29. The summed E-state index contributed by atoms with van der Waals surface area (Å²) < 4.78 is 11.7. The van der Waals surface area contributed by atoms with Crippen molar-refractivity contribution in [3.05, 3.63) is 67.0 Å². The molecule has 0 unspecified atom stereocenters. The molecule has 0 saturated heterocycles. The van der Waals surface area contributed by atoms with Crippen LogP contribution >= 0.6 is 38.9 Å². The van der Waals surface area contributed by atoms with E-state index in [1.807, 2.05) is 51.3 Å². The molecule has 3 aromatic rings. The first kappa shape index (κ1) is 25.3. The topological polar surface area (TPSA) is 64.6 Å². The summed E-state index contributed by atoms with van der Waals surface area (Å²) in [6.45, 7) is 9.57. The second-order valence-electron chi connectivity index (χ2n) is 7.65. The van der Waals surface area contributed by atoms with Gasteiger partial charge in [0.1, 0.15) is 16.3 Å². The molecule has 2 aromatic carbocycles. The van der Waals surface area contributed by atoms with E-state index in [9.17, 15) is 9.59 Å². The van der Waals surface area contributed by atoms with Crippen molar-refractivity contribution < 1.29 is 19.1 Å². The summed E-state index contributed by atoms with van der Waals surface area (Å²) in [4.78, 5) is 25.5. The van der Waals surface area contributed by atoms with Crippen LogP contribution in [0.5, 0.6) is 5.75 Å². The highest BCUT2D eigenvalue weighted by atomic mass is 79.9. The molecular formula is C25H25BrClNO4S. The second-order valence-corrected chi connectivity index (χ2v) is 9.71. The van der Waals surface area contributed by atoms with E-state index in [4.69, 9.17) is 21.1 Å². The molecule has 0 radical (unpaired) electrons. The molecule has 1 N–H and O–H groups in total. The lowest BCUT2D eigenvalue weighted by Crippen LogP contribution is -2.21. The van der Waals surface area contributed by atoms with Crippen LogP contribution in [0.2, 0.25) is 5.02 Å². The van der Waals surface area contributed by atoms with Gasteiger partial charge in [0.05, 0.1) is 11.1 Å². The first-order chi connectivity index (χ1) is 15.6. The number of thiophene rings is 1. The van der Waals surface area contributed by atoms with E-state index in [-0.39, 0.29) is 19.1 Å². The van der Waals surface area contributed by atoms with Gasteiger partial charge in [-0.1, -0.05) is 29.8 Å². The summed E-state index contributed by atoms with van der Waals surface area (Å²) in [6.07, 6.45) is 0. The van der Waals surface area contributed by atoms with Gasteiger partial charge in [0.25, 0.3) is 5.91 Å². The van der Waals surface area contributed by atoms with Crippen molar-refractivity contribution in [2.24, 2.45) is 0 Å². The Morgan fingerprint density at radius 3 is 2.48 bits per heavy atom. The summed E-state index contributed by atoms with van der Waals surface area (Å²) in [6, 6.07) is 7.78. The van der Waals surface area contributed by atoms with E-state index in [2.05, 4.69) is 21.2 Å². The largest absolute Gasteiger partial charge is 0.483 e. The van der Waals surface area contributed by atoms with Gasteiger partial charge in [0.2, 0.25) is 0 Å². The van der Waals surface area contributed by atoms with Crippen molar-refractivity contribution in [2.45, 2.75) is 34.6 Å². The quantitative estimate of drug-likeness (QED) is 0.315. The zero-order chi connectivity index (χ0) is 24.3. The average Bonchev–Trinajstić information content (AvgIpc) is 3.19. The maximum absolute atomic E-state index is 12.8. The number of ether oxygens (including phenoxy) is 2. The Balaban J connectivity index is 1.84. The Labute approximate surface area is 211 Å². The first-order valence-electron chi connectivity index (χ1n) is 10.4. The molecule has 33 heavy (non-hydrogen) atoms. The number of anilines is 1. The molecule has 0 aliphatic heterocycles. The van der Waals surface area contributed by atoms with Crippen LogP contribution in [0.25, 0.3) is 11.1 Å². The van der Waals surface area contributed by atoms with Gasteiger partial charge in [-0.05, 0) is 84.4 Å². The Hall–Kier alpha value is -2.35. The fraction of sp³-hybridized carbons (Fsp3) is 0.280. The molecule has 1 aromatic heterocycles. The van der Waals surface area contributed by atoms with E-state index in [1.54, 1.807) is 13.0 Å². The van der Waals surface area contributed by atoms with Crippen LogP contribution in [0.3, 0.4) is 0 Å². The fourth-order valence-corrected chi connectivity index (χ4v) is 4.95. The summed E-state index contributed by atoms with van der Waals surface area (Å²) in [7, 11) is 0. The third-order valence-corrected chi connectivity index (χ3v) is 7.73. The van der Waals surface area contributed by atoms with Gasteiger partial charge in [0, 0.05) is 16.0 Å². The first-order valence-corrected chi connectivity index (χ1v) is 12.4. The number of nitrogens with one attached hydrogen (secondary N) is 1. The minimum Gasteiger partial charge on any atom is -0.483 e. The Morgan fingerprint density at radius 2 is 1.82 bits per heavy atom. The van der Waals surface area contributed by atoms with E-state index in [1.165, 1.54) is 11.3 Å². The molecule has 3 rings (SSSR count). The Morgan fingerprint density at radius 1 is 1.09 bits per heavy atom. The monoisotopic (exact) mass is 549 g/mol. The highest BCUT2D eigenvalue weighted by Crippen LogP contribution is 2.38. The van der Waals surface area contributed by atoms with E-state index >= 15 is 0 Å². The second kappa shape index (κ2) is 10.7. The molecule has 0 spiro atoms. The summed E-state index contributed by atoms with van der Waals surface area (Å²) in [5, 5.41) is 5.74. The predicted molar refractivity (Wildman–Crippen MR) is 138 cm³/mol. The average molecular weight is 551 g/mol. The Kier molecular flexibility index (Phi) is 8.21. The van der Waals surface area contributed by atoms with Crippen molar-refractivity contribution in [3.8, 4) is 16.9 Å². The number of esters is 1. The zero-order valence-electron chi connectivity index (χ0n) is 19.1. The maximum Gasteiger partial charge on any atom is 0.341 e. The maximum atomic E-state index is 12.8. The Bertz CT molecular complexity index is 1220. The molecule has 8 heteroatoms. The number of rotatable bonds is 7. The predicted octanol–water partition coefficient (Wildman–Crippen LogP) is 7.26. The van der Waals surface area contributed by atoms with Gasteiger partial charge in [-0.2, -0.15) is 0 Å². The highest BCUT2D eigenvalue weighted by molar-refractivity contribution is 9.10. The number of carbonyl (C=O) groups is 2. The molecule has 0 aliphatic rings. The van der Waals surface area contributed by atoms with E-state index in [0.29, 0.717) is 25.8 Å². The van der Waals surface area contributed by atoms with Crippen molar-refractivity contribution in [1.29, 1.82) is 0 Å². The number of halogens is 2. The smallest absolute Gasteiger partial charge is 0.341 e. The highest BCUT2D eigenvalue weighted by Gasteiger charge is 2.23. The van der Waals surface area contributed by atoms with Gasteiger partial charge in [0.15, 0.2) is 6.61 Å². The van der Waals surface area contributed by atoms with Crippen LogP contribution < -0.4 is 10.1 Å². The van der Waals surface area contributed by atoms with Crippen LogP contribution in [0.1, 0.15) is 39.5 Å². The molecule has 0 atom stereocenters. The van der Waals surface area contributed by atoms with Gasteiger partial charge < -0.3 is 14.8 Å². The molecular weight excluding hydrogens is 526 g/mol. The summed E-state index contributed by atoms with van der Waals surface area (Å²) in [5.41, 5.74) is 5.94. The van der Waals surface area contributed by atoms with Crippen LogP contribution in [0.15, 0.2) is 34.1 Å². The molecule has 5 nitrogen and oxygen atoms in total. The number of hydrogen-bond acceptors (Lipinski definition) is 5. The molecule has 0 fully saturated rings. The van der Waals surface area contributed by atoms with Crippen molar-refractivity contribution >= 4 is 55.7 Å². The molecule has 0 bridgehead atoms. The molecule has 1 heterocycles. The SMILES string of the molecule is CCOC(=O)c1c(-c2ccc(C)c(C)c2)csc1NC(=O)COc1cc(C)c(Cl)c(C)c1Br. The normalized spacial score (nSPS) is 10.8. The lowest BCUT2D eigenvalue weighted by molar-refractivity contribution is -0.118. The molecule has 0 aliphatic carbocycles. The number of aryl methyl sites for hydroxylation is 3. The number of carbonyl (C=O) groups excluding carboxylic acids is 2. The zero-order valence-corrected chi connectivity index (χ0v) is 22.3. The molecule has 174 valence electrons. The van der Waals surface area contributed by atoms with Gasteiger partial charge in [-0.25, -0.2) is 4.79 Å². The lowest BCUT2D eigenvalue weighted by atomic mass is 9.99. The van der Waals surface area contributed by atoms with E-state index < -0.39 is 5.97 Å². The van der Waals surface area contributed by atoms with Crippen LogP contribution in [-0.4, -0.2) is 25.1 Å². The van der Waals surface area contributed by atoms with Crippen LogP contribution in [0, 0.1) is 27.7 Å². The van der Waals surface area contributed by atoms with Crippen LogP contribution in [0.4, 0.5) is 5.00 Å². The number of benzene rings is 2. The third kappa shape index (κ3) is 5.60. The molecule has 0 saturated carbocycles. The van der Waals surface area contributed by atoms with Gasteiger partial charge in [-0.15, -0.1) is 11.3 Å². The standard InChI is InChI=1S/C25H25BrClNO4S/c1-6-31-25(30)21-18(17-8-7-13(2)14(3)9-17)12-33-24(21)28-20(29)11-32-19-10-15(4)23(27)16(5)22(19)26/h7-10,12H,6,11H2,1-5H3,(H,28,29).